The average molecular weight is 421 g/mol. The SMILES string of the molecule is CCCn1c(CCC(=O)N(CC)CC)nc2cc(S(=O)(=O)N3CCCC3)ccc21. The van der Waals surface area contributed by atoms with Gasteiger partial charge in [0.25, 0.3) is 0 Å². The largest absolute Gasteiger partial charge is 0.343 e. The first-order valence-electron chi connectivity index (χ1n) is 10.7. The number of aryl methyl sites for hydroxylation is 2. The maximum Gasteiger partial charge on any atom is 0.243 e. The number of hydrogen-bond donors (Lipinski definition) is 0. The predicted molar refractivity (Wildman–Crippen MR) is 114 cm³/mol. The van der Waals surface area contributed by atoms with Crippen LogP contribution in [0.2, 0.25) is 0 Å². The van der Waals surface area contributed by atoms with E-state index in [1.165, 1.54) is 0 Å². The van der Waals surface area contributed by atoms with Gasteiger partial charge >= 0.3 is 0 Å². The van der Waals surface area contributed by atoms with Crippen molar-refractivity contribution in [1.29, 1.82) is 0 Å². The van der Waals surface area contributed by atoms with Crippen molar-refractivity contribution in [3.05, 3.63) is 24.0 Å². The predicted octanol–water partition coefficient (Wildman–Crippen LogP) is 3.03. The fourth-order valence-electron chi connectivity index (χ4n) is 4.01. The minimum atomic E-state index is -3.47. The summed E-state index contributed by atoms with van der Waals surface area (Å²) in [4.78, 5) is 19.3. The van der Waals surface area contributed by atoms with Crippen LogP contribution in [0, 0.1) is 0 Å². The third-order valence-corrected chi connectivity index (χ3v) is 7.52. The molecule has 1 fully saturated rings. The zero-order valence-electron chi connectivity index (χ0n) is 17.7. The van der Waals surface area contributed by atoms with Crippen molar-refractivity contribution in [2.75, 3.05) is 26.2 Å². The fourth-order valence-corrected chi connectivity index (χ4v) is 5.55. The fraction of sp³-hybridized carbons (Fsp3) is 0.619. The molecule has 8 heteroatoms. The molecule has 0 bridgehead atoms. The van der Waals surface area contributed by atoms with Gasteiger partial charge < -0.3 is 9.47 Å². The van der Waals surface area contributed by atoms with Gasteiger partial charge in [-0.15, -0.1) is 0 Å². The molecule has 0 aliphatic carbocycles. The van der Waals surface area contributed by atoms with Crippen LogP contribution in [0.4, 0.5) is 0 Å². The van der Waals surface area contributed by atoms with Crippen LogP contribution in [-0.4, -0.2) is 59.3 Å². The lowest BCUT2D eigenvalue weighted by Crippen LogP contribution is -2.30. The highest BCUT2D eigenvalue weighted by Gasteiger charge is 2.28. The van der Waals surface area contributed by atoms with Crippen LogP contribution in [0.5, 0.6) is 0 Å². The van der Waals surface area contributed by atoms with E-state index >= 15 is 0 Å². The van der Waals surface area contributed by atoms with Gasteiger partial charge in [-0.25, -0.2) is 13.4 Å². The van der Waals surface area contributed by atoms with Gasteiger partial charge in [-0.3, -0.25) is 4.79 Å². The van der Waals surface area contributed by atoms with E-state index in [1.807, 2.05) is 24.8 Å². The molecule has 1 amide bonds. The molecule has 0 spiro atoms. The minimum Gasteiger partial charge on any atom is -0.343 e. The Kier molecular flexibility index (Phi) is 6.95. The molecule has 3 rings (SSSR count). The summed E-state index contributed by atoms with van der Waals surface area (Å²) in [6.45, 7) is 9.45. The molecular formula is C21H32N4O3S. The highest BCUT2D eigenvalue weighted by atomic mass is 32.2. The van der Waals surface area contributed by atoms with Crippen molar-refractivity contribution >= 4 is 27.0 Å². The summed E-state index contributed by atoms with van der Waals surface area (Å²) in [7, 11) is -3.47. The number of nitrogens with zero attached hydrogens (tertiary/aromatic N) is 4. The lowest BCUT2D eigenvalue weighted by atomic mass is 10.2. The summed E-state index contributed by atoms with van der Waals surface area (Å²) in [5.74, 6) is 0.973. The van der Waals surface area contributed by atoms with Crippen LogP contribution >= 0.6 is 0 Å². The maximum absolute atomic E-state index is 12.9. The summed E-state index contributed by atoms with van der Waals surface area (Å²) < 4.78 is 29.5. The Labute approximate surface area is 173 Å². The number of aromatic nitrogens is 2. The number of carbonyl (C=O) groups excluding carboxylic acids is 1. The van der Waals surface area contributed by atoms with Crippen molar-refractivity contribution in [2.45, 2.75) is 64.3 Å². The topological polar surface area (TPSA) is 75.5 Å². The van der Waals surface area contributed by atoms with Crippen molar-refractivity contribution in [2.24, 2.45) is 0 Å². The van der Waals surface area contributed by atoms with Crippen molar-refractivity contribution in [1.82, 2.24) is 18.8 Å². The van der Waals surface area contributed by atoms with Crippen LogP contribution < -0.4 is 0 Å². The number of fused-ring (bicyclic) bond motifs is 1. The number of rotatable bonds is 9. The van der Waals surface area contributed by atoms with Gasteiger partial charge in [0, 0.05) is 45.6 Å². The molecule has 0 atom stereocenters. The van der Waals surface area contributed by atoms with E-state index in [0.717, 1.165) is 37.1 Å². The lowest BCUT2D eigenvalue weighted by molar-refractivity contribution is -0.130. The summed E-state index contributed by atoms with van der Waals surface area (Å²) in [5.41, 5.74) is 1.61. The number of hydrogen-bond acceptors (Lipinski definition) is 4. The van der Waals surface area contributed by atoms with Gasteiger partial charge in [0.15, 0.2) is 0 Å². The second kappa shape index (κ2) is 9.26. The molecule has 1 aliphatic heterocycles. The molecule has 1 aliphatic rings. The Balaban J connectivity index is 1.90. The molecule has 1 aromatic carbocycles. The molecule has 2 heterocycles. The van der Waals surface area contributed by atoms with E-state index in [9.17, 15) is 13.2 Å². The Morgan fingerprint density at radius 1 is 1.14 bits per heavy atom. The minimum absolute atomic E-state index is 0.127. The van der Waals surface area contributed by atoms with Gasteiger partial charge in [-0.1, -0.05) is 6.92 Å². The second-order valence-electron chi connectivity index (χ2n) is 7.51. The molecule has 7 nitrogen and oxygen atoms in total. The van der Waals surface area contributed by atoms with Crippen LogP contribution in [0.3, 0.4) is 0 Å². The highest BCUT2D eigenvalue weighted by Crippen LogP contribution is 2.26. The Morgan fingerprint density at radius 3 is 2.45 bits per heavy atom. The van der Waals surface area contributed by atoms with Crippen LogP contribution in [0.15, 0.2) is 23.1 Å². The van der Waals surface area contributed by atoms with E-state index in [4.69, 9.17) is 4.98 Å². The highest BCUT2D eigenvalue weighted by molar-refractivity contribution is 7.89. The summed E-state index contributed by atoms with van der Waals surface area (Å²) in [5, 5.41) is 0. The summed E-state index contributed by atoms with van der Waals surface area (Å²) in [6.07, 6.45) is 3.73. The maximum atomic E-state index is 12.9. The Bertz CT molecular complexity index is 958. The molecule has 0 saturated carbocycles. The first kappa shape index (κ1) is 21.8. The monoisotopic (exact) mass is 420 g/mol. The smallest absolute Gasteiger partial charge is 0.243 e. The normalized spacial score (nSPS) is 15.3. The first-order valence-corrected chi connectivity index (χ1v) is 12.1. The second-order valence-corrected chi connectivity index (χ2v) is 9.45. The third-order valence-electron chi connectivity index (χ3n) is 5.63. The van der Waals surface area contributed by atoms with E-state index in [0.29, 0.717) is 49.4 Å². The van der Waals surface area contributed by atoms with Crippen LogP contribution in [0.25, 0.3) is 11.0 Å². The van der Waals surface area contributed by atoms with Crippen molar-refractivity contribution < 1.29 is 13.2 Å². The van der Waals surface area contributed by atoms with Gasteiger partial charge in [-0.2, -0.15) is 4.31 Å². The zero-order valence-corrected chi connectivity index (χ0v) is 18.5. The number of sulfonamides is 1. The standard InChI is InChI=1S/C21H32N4O3S/c1-4-13-25-19-10-9-17(29(27,28)24-14-7-8-15-24)16-18(19)22-20(25)11-12-21(26)23(5-2)6-3/h9-10,16H,4-8,11-15H2,1-3H3. The third kappa shape index (κ3) is 4.48. The zero-order chi connectivity index (χ0) is 21.0. The van der Waals surface area contributed by atoms with E-state index in [1.54, 1.807) is 16.4 Å². The van der Waals surface area contributed by atoms with Crippen molar-refractivity contribution in [3.8, 4) is 0 Å². The van der Waals surface area contributed by atoms with E-state index in [-0.39, 0.29) is 5.91 Å². The molecule has 160 valence electrons. The summed E-state index contributed by atoms with van der Waals surface area (Å²) >= 11 is 0. The Hall–Kier alpha value is -1.93. The lowest BCUT2D eigenvalue weighted by Gasteiger charge is -2.18. The molecule has 0 unspecified atom stereocenters. The number of imidazole rings is 1. The molecule has 0 radical (unpaired) electrons. The van der Waals surface area contributed by atoms with Gasteiger partial charge in [0.1, 0.15) is 5.82 Å². The average Bonchev–Trinajstić information content (AvgIpc) is 3.36. The van der Waals surface area contributed by atoms with Crippen LogP contribution in [-0.2, 0) is 27.8 Å². The number of benzene rings is 1. The van der Waals surface area contributed by atoms with Gasteiger partial charge in [0.05, 0.1) is 15.9 Å². The molecule has 1 aromatic heterocycles. The molecule has 0 N–H and O–H groups in total. The van der Waals surface area contributed by atoms with Gasteiger partial charge in [-0.05, 0) is 51.3 Å². The quantitative estimate of drug-likeness (QED) is 0.625. The molecule has 1 saturated heterocycles. The molecule has 2 aromatic rings. The van der Waals surface area contributed by atoms with Gasteiger partial charge in [0.2, 0.25) is 15.9 Å². The van der Waals surface area contributed by atoms with Crippen LogP contribution in [0.1, 0.15) is 52.3 Å². The molecule has 29 heavy (non-hydrogen) atoms. The molecular weight excluding hydrogens is 388 g/mol. The number of amides is 1. The first-order chi connectivity index (χ1) is 13.9. The summed E-state index contributed by atoms with van der Waals surface area (Å²) in [6, 6.07) is 5.23. The van der Waals surface area contributed by atoms with E-state index in [2.05, 4.69) is 11.5 Å². The van der Waals surface area contributed by atoms with E-state index < -0.39 is 10.0 Å². The number of carbonyl (C=O) groups is 1. The Morgan fingerprint density at radius 2 is 1.83 bits per heavy atom. The van der Waals surface area contributed by atoms with Crippen molar-refractivity contribution in [3.63, 3.8) is 0 Å².